The van der Waals surface area contributed by atoms with Crippen molar-refractivity contribution >= 4 is 45.2 Å². The van der Waals surface area contributed by atoms with Crippen LogP contribution in [-0.4, -0.2) is 71.1 Å². The fourth-order valence-electron chi connectivity index (χ4n) is 5.83. The molecule has 0 fully saturated rings. The number of hydrogen-bond acceptors (Lipinski definition) is 6. The van der Waals surface area contributed by atoms with Gasteiger partial charge >= 0.3 is 0 Å². The summed E-state index contributed by atoms with van der Waals surface area (Å²) in [6, 6.07) is 0.339. The highest BCUT2D eigenvalue weighted by molar-refractivity contribution is 8.76. The van der Waals surface area contributed by atoms with E-state index in [9.17, 15) is 19.2 Å². The lowest BCUT2D eigenvalue weighted by Crippen LogP contribution is -2.35. The summed E-state index contributed by atoms with van der Waals surface area (Å²) in [4.78, 5) is 51.3. The molecule has 2 atom stereocenters. The fraction of sp³-hybridized carbons (Fsp3) is 0.714. The first kappa shape index (κ1) is 49.5. The van der Waals surface area contributed by atoms with Gasteiger partial charge in [0, 0.05) is 76.8 Å². The van der Waals surface area contributed by atoms with Crippen LogP contribution >= 0.6 is 21.6 Å². The predicted octanol–water partition coefficient (Wildman–Crippen LogP) is 10.3. The third-order valence-corrected chi connectivity index (χ3v) is 11.4. The molecule has 0 heterocycles. The maximum atomic E-state index is 12.2. The van der Waals surface area contributed by atoms with Crippen molar-refractivity contribution in [1.29, 1.82) is 0 Å². The summed E-state index contributed by atoms with van der Waals surface area (Å²) in [7, 11) is 7.22. The molecule has 2 unspecified atom stereocenters. The summed E-state index contributed by atoms with van der Waals surface area (Å²) >= 11 is 0. The average Bonchev–Trinajstić information content (AvgIpc) is 3.10. The van der Waals surface area contributed by atoms with Gasteiger partial charge in [0.05, 0.1) is 0 Å². The molecule has 4 amide bonds. The van der Waals surface area contributed by atoms with Crippen LogP contribution in [-0.2, 0) is 19.2 Å². The van der Waals surface area contributed by atoms with Gasteiger partial charge in [0.15, 0.2) is 0 Å². The molecule has 0 aromatic rings. The Morgan fingerprint density at radius 2 is 0.846 bits per heavy atom. The van der Waals surface area contributed by atoms with E-state index in [1.54, 1.807) is 45.2 Å². The number of carbonyl (C=O) groups excluding carboxylic acids is 4. The SMILES string of the molecule is C=CC/C=C/N(C)C(=O)CCCCCCCCCCC(CSSCC(CCCCCCCCCCC(=O)N(C)/C=C/CC=C)NC(C)=O)NC(C)=O. The number of allylic oxidation sites excluding steroid dienone is 4. The van der Waals surface area contributed by atoms with Gasteiger partial charge in [-0.15, -0.1) is 13.2 Å². The van der Waals surface area contributed by atoms with Gasteiger partial charge in [-0.25, -0.2) is 0 Å². The number of unbranched alkanes of at least 4 members (excludes halogenated alkanes) is 14. The first-order chi connectivity index (χ1) is 25.1. The molecule has 0 aliphatic rings. The van der Waals surface area contributed by atoms with Crippen LogP contribution in [0.4, 0.5) is 0 Å². The van der Waals surface area contributed by atoms with Gasteiger partial charge in [-0.3, -0.25) is 19.2 Å². The van der Waals surface area contributed by atoms with Crippen molar-refractivity contribution in [2.45, 2.75) is 167 Å². The van der Waals surface area contributed by atoms with E-state index in [1.165, 1.54) is 64.2 Å². The van der Waals surface area contributed by atoms with Crippen molar-refractivity contribution in [1.82, 2.24) is 20.4 Å². The zero-order valence-electron chi connectivity index (χ0n) is 33.3. The van der Waals surface area contributed by atoms with E-state index in [-0.39, 0.29) is 35.7 Å². The van der Waals surface area contributed by atoms with E-state index in [4.69, 9.17) is 0 Å². The molecule has 52 heavy (non-hydrogen) atoms. The Morgan fingerprint density at radius 1 is 0.538 bits per heavy atom. The number of rotatable bonds is 35. The van der Waals surface area contributed by atoms with Crippen LogP contribution in [0, 0.1) is 0 Å². The van der Waals surface area contributed by atoms with Gasteiger partial charge in [0.1, 0.15) is 0 Å². The number of amides is 4. The first-order valence-electron chi connectivity index (χ1n) is 20.0. The van der Waals surface area contributed by atoms with Crippen molar-refractivity contribution in [3.63, 3.8) is 0 Å². The summed E-state index contributed by atoms with van der Waals surface area (Å²) in [6.07, 6.45) is 34.2. The van der Waals surface area contributed by atoms with E-state index in [1.807, 2.05) is 50.8 Å². The second kappa shape index (κ2) is 35.6. The third-order valence-electron chi connectivity index (χ3n) is 8.87. The van der Waals surface area contributed by atoms with E-state index in [0.29, 0.717) is 12.8 Å². The van der Waals surface area contributed by atoms with Crippen LogP contribution in [0.3, 0.4) is 0 Å². The molecule has 0 rings (SSSR count). The van der Waals surface area contributed by atoms with Gasteiger partial charge in [-0.1, -0.05) is 136 Å². The Morgan fingerprint density at radius 3 is 1.15 bits per heavy atom. The molecule has 10 heteroatoms. The highest BCUT2D eigenvalue weighted by atomic mass is 33.1. The van der Waals surface area contributed by atoms with Gasteiger partial charge in [0.2, 0.25) is 23.6 Å². The van der Waals surface area contributed by atoms with Crippen molar-refractivity contribution in [3.8, 4) is 0 Å². The Labute approximate surface area is 326 Å². The van der Waals surface area contributed by atoms with Crippen molar-refractivity contribution in [2.75, 3.05) is 25.6 Å². The quantitative estimate of drug-likeness (QED) is 0.0379. The number of nitrogens with zero attached hydrogens (tertiary/aromatic N) is 2. The monoisotopic (exact) mass is 763 g/mol. The summed E-state index contributed by atoms with van der Waals surface area (Å²) in [5, 5.41) is 6.28. The van der Waals surface area contributed by atoms with Crippen molar-refractivity contribution in [3.05, 3.63) is 49.9 Å². The zero-order chi connectivity index (χ0) is 38.7. The molecule has 0 saturated heterocycles. The molecule has 2 N–H and O–H groups in total. The molecule has 0 aromatic heterocycles. The Kier molecular flexibility index (Phi) is 33.9. The minimum Gasteiger partial charge on any atom is -0.353 e. The number of hydrogen-bond donors (Lipinski definition) is 2. The molecule has 298 valence electrons. The maximum Gasteiger partial charge on any atom is 0.226 e. The second-order valence-corrected chi connectivity index (χ2v) is 16.5. The third kappa shape index (κ3) is 32.2. The van der Waals surface area contributed by atoms with E-state index in [0.717, 1.165) is 75.7 Å². The lowest BCUT2D eigenvalue weighted by atomic mass is 10.0. The summed E-state index contributed by atoms with van der Waals surface area (Å²) in [5.41, 5.74) is 0. The van der Waals surface area contributed by atoms with Crippen molar-refractivity contribution in [2.24, 2.45) is 0 Å². The molecule has 0 aliphatic heterocycles. The molecular weight excluding hydrogens is 689 g/mol. The van der Waals surface area contributed by atoms with Gasteiger partial charge in [-0.05, 0) is 38.5 Å². The average molecular weight is 763 g/mol. The highest BCUT2D eigenvalue weighted by Gasteiger charge is 2.14. The highest BCUT2D eigenvalue weighted by Crippen LogP contribution is 2.26. The molecular formula is C42H74N4O4S2. The second-order valence-electron chi connectivity index (χ2n) is 13.9. The molecule has 0 aromatic carbocycles. The zero-order valence-corrected chi connectivity index (χ0v) is 35.0. The van der Waals surface area contributed by atoms with Crippen LogP contribution in [0.2, 0.25) is 0 Å². The van der Waals surface area contributed by atoms with Crippen LogP contribution in [0.5, 0.6) is 0 Å². The Hall–Kier alpha value is -2.46. The maximum absolute atomic E-state index is 12.2. The molecule has 0 radical (unpaired) electrons. The Bertz CT molecular complexity index is 955. The van der Waals surface area contributed by atoms with Crippen molar-refractivity contribution < 1.29 is 19.2 Å². The van der Waals surface area contributed by atoms with Crippen LogP contribution in [0.1, 0.15) is 155 Å². The first-order valence-corrected chi connectivity index (χ1v) is 22.4. The van der Waals surface area contributed by atoms with E-state index in [2.05, 4.69) is 23.8 Å². The largest absolute Gasteiger partial charge is 0.353 e. The van der Waals surface area contributed by atoms with Crippen LogP contribution in [0.15, 0.2) is 49.9 Å². The van der Waals surface area contributed by atoms with E-state index >= 15 is 0 Å². The summed E-state index contributed by atoms with van der Waals surface area (Å²) < 4.78 is 0. The topological polar surface area (TPSA) is 98.8 Å². The van der Waals surface area contributed by atoms with Gasteiger partial charge < -0.3 is 20.4 Å². The molecule has 0 saturated carbocycles. The minimum absolute atomic E-state index is 0.0234. The molecule has 0 spiro atoms. The van der Waals surface area contributed by atoms with Gasteiger partial charge in [0.25, 0.3) is 0 Å². The predicted molar refractivity (Wildman–Crippen MR) is 226 cm³/mol. The smallest absolute Gasteiger partial charge is 0.226 e. The lowest BCUT2D eigenvalue weighted by molar-refractivity contribution is -0.128. The summed E-state index contributed by atoms with van der Waals surface area (Å²) in [5.74, 6) is 2.12. The lowest BCUT2D eigenvalue weighted by Gasteiger charge is -2.19. The number of carbonyl (C=O) groups is 4. The molecule has 0 aliphatic carbocycles. The standard InChI is InChI=1S/C42H74N4O4S2/c1-7-9-27-33-45(5)41(49)31-25-21-17-13-11-15-19-23-29-39(43-37(3)47)35-51-52-36-40(44-38(4)48)30-24-20-16-12-14-18-22-26-32-42(50)46(6)34-28-10-8-2/h7-8,27-28,33-34,39-40H,1-2,9-26,29-32,35-36H2,3-6H3,(H,43,47)(H,44,48)/b33-27+,34-28+. The summed E-state index contributed by atoms with van der Waals surface area (Å²) in [6.45, 7) is 10.6. The van der Waals surface area contributed by atoms with E-state index < -0.39 is 0 Å². The van der Waals surface area contributed by atoms with Crippen LogP contribution < -0.4 is 10.6 Å². The normalized spacial score (nSPS) is 12.5. The Balaban J connectivity index is 4.06. The minimum atomic E-state index is 0.0234. The molecule has 0 bridgehead atoms. The van der Waals surface area contributed by atoms with Crippen LogP contribution in [0.25, 0.3) is 0 Å². The fourth-order valence-corrected chi connectivity index (χ4v) is 8.42. The molecule has 8 nitrogen and oxygen atoms in total. The number of nitrogens with one attached hydrogen (secondary N) is 2. The van der Waals surface area contributed by atoms with Gasteiger partial charge in [-0.2, -0.15) is 0 Å².